The summed E-state index contributed by atoms with van der Waals surface area (Å²) in [7, 11) is 0. The van der Waals surface area contributed by atoms with Crippen molar-refractivity contribution in [3.05, 3.63) is 58.1 Å². The van der Waals surface area contributed by atoms with Gasteiger partial charge in [0.1, 0.15) is 0 Å². The minimum absolute atomic E-state index is 0.169. The molecule has 1 heterocycles. The van der Waals surface area contributed by atoms with Gasteiger partial charge in [-0.1, -0.05) is 49.1 Å². The molecule has 1 aliphatic heterocycles. The summed E-state index contributed by atoms with van der Waals surface area (Å²) in [6.45, 7) is 2.71. The van der Waals surface area contributed by atoms with Gasteiger partial charge >= 0.3 is 0 Å². The number of fused-ring (bicyclic) bond motifs is 1. The Kier molecular flexibility index (Phi) is 6.73. The van der Waals surface area contributed by atoms with Crippen molar-refractivity contribution in [2.75, 3.05) is 23.7 Å². The highest BCUT2D eigenvalue weighted by molar-refractivity contribution is 6.33. The molecule has 0 atom stereocenters. The summed E-state index contributed by atoms with van der Waals surface area (Å²) in [5.74, 6) is 0.345. The Morgan fingerprint density at radius 3 is 2.55 bits per heavy atom. The number of anilines is 2. The molecule has 1 amide bonds. The second-order valence-corrected chi connectivity index (χ2v) is 8.59. The topological polar surface area (TPSA) is 53.2 Å². The molecule has 0 spiro atoms. The molecule has 1 fully saturated rings. The maximum Gasteiger partial charge on any atom is 0.227 e. The fourth-order valence-electron chi connectivity index (χ4n) is 4.44. The van der Waals surface area contributed by atoms with E-state index in [2.05, 4.69) is 34.1 Å². The first-order chi connectivity index (χ1) is 14.2. The maximum atomic E-state index is 12.4. The van der Waals surface area contributed by atoms with E-state index in [4.69, 9.17) is 11.6 Å². The predicted molar refractivity (Wildman–Crippen MR) is 121 cm³/mol. The number of nitrogens with one attached hydrogen (secondary N) is 3. The zero-order valence-electron chi connectivity index (χ0n) is 16.9. The molecule has 0 bridgehead atoms. The van der Waals surface area contributed by atoms with Crippen molar-refractivity contribution in [1.29, 1.82) is 0 Å². The monoisotopic (exact) mass is 411 g/mol. The van der Waals surface area contributed by atoms with Gasteiger partial charge < -0.3 is 16.0 Å². The van der Waals surface area contributed by atoms with Crippen LogP contribution in [-0.2, 0) is 24.2 Å². The molecule has 5 heteroatoms. The molecule has 2 aromatic rings. The Balaban J connectivity index is 1.38. The fourth-order valence-corrected chi connectivity index (χ4v) is 4.68. The van der Waals surface area contributed by atoms with Crippen LogP contribution in [0.5, 0.6) is 0 Å². The molecule has 154 valence electrons. The molecule has 0 saturated heterocycles. The van der Waals surface area contributed by atoms with E-state index in [-0.39, 0.29) is 11.8 Å². The zero-order valence-corrected chi connectivity index (χ0v) is 17.7. The molecule has 3 N–H and O–H groups in total. The number of hydrogen-bond donors (Lipinski definition) is 3. The van der Waals surface area contributed by atoms with Crippen molar-refractivity contribution in [2.24, 2.45) is 5.92 Å². The fraction of sp³-hybridized carbons (Fsp3) is 0.458. The summed E-state index contributed by atoms with van der Waals surface area (Å²) < 4.78 is 0. The number of carbonyl (C=O) groups is 1. The summed E-state index contributed by atoms with van der Waals surface area (Å²) in [6, 6.07) is 12.3. The summed E-state index contributed by atoms with van der Waals surface area (Å²) in [4.78, 5) is 12.4. The third-order valence-corrected chi connectivity index (χ3v) is 6.46. The average Bonchev–Trinajstić information content (AvgIpc) is 3.00. The van der Waals surface area contributed by atoms with Gasteiger partial charge in [-0.3, -0.25) is 4.79 Å². The first-order valence-corrected chi connectivity index (χ1v) is 11.2. The van der Waals surface area contributed by atoms with E-state index in [0.29, 0.717) is 6.54 Å². The van der Waals surface area contributed by atoms with Crippen molar-refractivity contribution in [1.82, 2.24) is 5.32 Å². The van der Waals surface area contributed by atoms with Crippen LogP contribution in [-0.4, -0.2) is 19.0 Å². The van der Waals surface area contributed by atoms with E-state index >= 15 is 0 Å². The van der Waals surface area contributed by atoms with E-state index in [1.165, 1.54) is 36.0 Å². The van der Waals surface area contributed by atoms with Crippen molar-refractivity contribution in [3.8, 4) is 0 Å². The molecule has 2 aromatic carbocycles. The Bertz CT molecular complexity index is 844. The molecule has 4 rings (SSSR count). The van der Waals surface area contributed by atoms with Gasteiger partial charge in [0, 0.05) is 18.2 Å². The molecular weight excluding hydrogens is 382 g/mol. The van der Waals surface area contributed by atoms with Crippen LogP contribution in [0.15, 0.2) is 36.4 Å². The first kappa shape index (κ1) is 20.2. The SMILES string of the molecule is O=C(Nc1ccc(CNc2c(Cl)ccc3c2CCNCC3)cc1)C1CCCCC1. The quantitative estimate of drug-likeness (QED) is 0.637. The van der Waals surface area contributed by atoms with Crippen LogP contribution in [0.4, 0.5) is 11.4 Å². The predicted octanol–water partition coefficient (Wildman–Crippen LogP) is 5.16. The van der Waals surface area contributed by atoms with Crippen LogP contribution in [0.2, 0.25) is 5.02 Å². The highest BCUT2D eigenvalue weighted by Gasteiger charge is 2.21. The molecule has 0 radical (unpaired) electrons. The third-order valence-electron chi connectivity index (χ3n) is 6.15. The molecule has 4 nitrogen and oxygen atoms in total. The van der Waals surface area contributed by atoms with Gasteiger partial charge in [-0.25, -0.2) is 0 Å². The Labute approximate surface area is 178 Å². The van der Waals surface area contributed by atoms with E-state index in [1.54, 1.807) is 0 Å². The van der Waals surface area contributed by atoms with E-state index in [1.807, 2.05) is 18.2 Å². The molecule has 2 aliphatic rings. The minimum Gasteiger partial charge on any atom is -0.380 e. The lowest BCUT2D eigenvalue weighted by Gasteiger charge is -2.20. The number of carbonyl (C=O) groups excluding carboxylic acids is 1. The molecule has 0 unspecified atom stereocenters. The van der Waals surface area contributed by atoms with Gasteiger partial charge in [-0.15, -0.1) is 0 Å². The van der Waals surface area contributed by atoms with Crippen LogP contribution in [0.3, 0.4) is 0 Å². The largest absolute Gasteiger partial charge is 0.380 e. The number of halogens is 1. The lowest BCUT2D eigenvalue weighted by atomic mass is 9.88. The van der Waals surface area contributed by atoms with Crippen LogP contribution >= 0.6 is 11.6 Å². The van der Waals surface area contributed by atoms with E-state index < -0.39 is 0 Å². The standard InChI is InChI=1S/C24H30ClN3O/c25-22-11-8-18-12-14-26-15-13-21(18)23(22)27-16-17-6-9-20(10-7-17)28-24(29)19-4-2-1-3-5-19/h6-11,19,26-27H,1-5,12-16H2,(H,28,29). The summed E-state index contributed by atoms with van der Waals surface area (Å²) in [5, 5.41) is 10.9. The van der Waals surface area contributed by atoms with E-state index in [0.717, 1.165) is 55.2 Å². The lowest BCUT2D eigenvalue weighted by Crippen LogP contribution is -2.24. The van der Waals surface area contributed by atoms with Crippen LogP contribution in [0.25, 0.3) is 0 Å². The Morgan fingerprint density at radius 2 is 1.76 bits per heavy atom. The number of amides is 1. The van der Waals surface area contributed by atoms with Gasteiger partial charge in [-0.2, -0.15) is 0 Å². The van der Waals surface area contributed by atoms with E-state index in [9.17, 15) is 4.79 Å². The minimum atomic E-state index is 0.169. The summed E-state index contributed by atoms with van der Waals surface area (Å²) in [5.41, 5.74) is 5.81. The van der Waals surface area contributed by atoms with Crippen molar-refractivity contribution >= 4 is 28.9 Å². The van der Waals surface area contributed by atoms with Crippen molar-refractivity contribution < 1.29 is 4.79 Å². The van der Waals surface area contributed by atoms with Gasteiger partial charge in [0.15, 0.2) is 0 Å². The molecule has 0 aromatic heterocycles. The summed E-state index contributed by atoms with van der Waals surface area (Å²) in [6.07, 6.45) is 7.67. The van der Waals surface area contributed by atoms with Gasteiger partial charge in [0.2, 0.25) is 5.91 Å². The molecular formula is C24H30ClN3O. The summed E-state index contributed by atoms with van der Waals surface area (Å²) >= 11 is 6.51. The van der Waals surface area contributed by atoms with Crippen LogP contribution in [0, 0.1) is 5.92 Å². The van der Waals surface area contributed by atoms with Gasteiger partial charge in [-0.05, 0) is 73.7 Å². The molecule has 1 aliphatic carbocycles. The Hall–Kier alpha value is -2.04. The number of hydrogen-bond acceptors (Lipinski definition) is 3. The average molecular weight is 412 g/mol. The zero-order chi connectivity index (χ0) is 20.1. The lowest BCUT2D eigenvalue weighted by molar-refractivity contribution is -0.120. The Morgan fingerprint density at radius 1 is 1.00 bits per heavy atom. The third kappa shape index (κ3) is 5.12. The highest BCUT2D eigenvalue weighted by atomic mass is 35.5. The molecule has 1 saturated carbocycles. The number of rotatable bonds is 5. The van der Waals surface area contributed by atoms with Crippen LogP contribution < -0.4 is 16.0 Å². The smallest absolute Gasteiger partial charge is 0.227 e. The molecule has 29 heavy (non-hydrogen) atoms. The van der Waals surface area contributed by atoms with Crippen LogP contribution in [0.1, 0.15) is 48.8 Å². The highest BCUT2D eigenvalue weighted by Crippen LogP contribution is 2.31. The second-order valence-electron chi connectivity index (χ2n) is 8.18. The maximum absolute atomic E-state index is 12.4. The first-order valence-electron chi connectivity index (χ1n) is 10.9. The van der Waals surface area contributed by atoms with Gasteiger partial charge in [0.05, 0.1) is 10.7 Å². The van der Waals surface area contributed by atoms with Crippen molar-refractivity contribution in [2.45, 2.75) is 51.5 Å². The number of benzene rings is 2. The normalized spacial score (nSPS) is 17.3. The van der Waals surface area contributed by atoms with Gasteiger partial charge in [0.25, 0.3) is 0 Å². The second kappa shape index (κ2) is 9.64. The van der Waals surface area contributed by atoms with Crippen molar-refractivity contribution in [3.63, 3.8) is 0 Å².